The standard InChI is InChI=1S/C32H52NO4S.BrH/c1-3-5-6-7-8-9-10-11-12-13-14-15-16-17-22-35-26-31(36-4-2)27-37-32(34)30-20-18-19-29(24-30)25-33-21-23-38-28-33;/h18-21,23-24,28,31H,3-17,22,25-27H2,1-2H3;1H/q+1;/p-1. The van der Waals surface area contributed by atoms with Crippen molar-refractivity contribution in [3.8, 4) is 0 Å². The maximum absolute atomic E-state index is 12.6. The number of benzene rings is 1. The van der Waals surface area contributed by atoms with Crippen LogP contribution in [0.1, 0.15) is 120 Å². The summed E-state index contributed by atoms with van der Waals surface area (Å²) in [6.07, 6.45) is 20.7. The van der Waals surface area contributed by atoms with Crippen LogP contribution in [0.4, 0.5) is 0 Å². The third kappa shape index (κ3) is 17.9. The van der Waals surface area contributed by atoms with E-state index >= 15 is 0 Å². The minimum absolute atomic E-state index is 0. The summed E-state index contributed by atoms with van der Waals surface area (Å²) in [6, 6.07) is 7.62. The number of rotatable bonds is 24. The van der Waals surface area contributed by atoms with Gasteiger partial charge in [-0.05, 0) is 25.5 Å². The van der Waals surface area contributed by atoms with Crippen molar-refractivity contribution >= 4 is 17.3 Å². The number of carbonyl (C=O) groups excluding carboxylic acids is 1. The van der Waals surface area contributed by atoms with Crippen LogP contribution in [0.15, 0.2) is 41.4 Å². The molecule has 1 heterocycles. The van der Waals surface area contributed by atoms with E-state index in [1.165, 1.54) is 83.5 Å². The second-order valence-electron chi connectivity index (χ2n) is 10.2. The quantitative estimate of drug-likeness (QED) is 0.0920. The Balaban J connectivity index is 0.00000760. The van der Waals surface area contributed by atoms with E-state index in [0.29, 0.717) is 18.8 Å². The molecule has 0 aliphatic rings. The molecule has 5 nitrogen and oxygen atoms in total. The Hall–Kier alpha value is -1.28. The molecule has 0 aliphatic heterocycles. The summed E-state index contributed by atoms with van der Waals surface area (Å²) in [7, 11) is 0. The number of esters is 1. The molecule has 0 fully saturated rings. The van der Waals surface area contributed by atoms with Crippen LogP contribution in [0.3, 0.4) is 0 Å². The van der Waals surface area contributed by atoms with Crippen LogP contribution in [0, 0.1) is 0 Å². The van der Waals surface area contributed by atoms with Gasteiger partial charge in [-0.25, -0.2) is 4.79 Å². The predicted octanol–water partition coefficient (Wildman–Crippen LogP) is 5.15. The third-order valence-electron chi connectivity index (χ3n) is 6.80. The summed E-state index contributed by atoms with van der Waals surface area (Å²) in [5, 5.41) is 2.04. The number of nitrogens with zero attached hydrogens (tertiary/aromatic N) is 1. The van der Waals surface area contributed by atoms with Gasteiger partial charge in [-0.2, -0.15) is 4.57 Å². The van der Waals surface area contributed by atoms with E-state index in [1.807, 2.05) is 36.7 Å². The molecule has 0 amide bonds. The highest BCUT2D eigenvalue weighted by Crippen LogP contribution is 2.13. The van der Waals surface area contributed by atoms with E-state index in [2.05, 4.69) is 17.0 Å². The highest BCUT2D eigenvalue weighted by Gasteiger charge is 2.15. The van der Waals surface area contributed by atoms with Gasteiger partial charge in [-0.15, -0.1) is 0 Å². The molecule has 0 spiro atoms. The first kappa shape index (κ1) is 35.7. The molecule has 0 aliphatic carbocycles. The van der Waals surface area contributed by atoms with Gasteiger partial charge < -0.3 is 31.2 Å². The number of thiazole rings is 1. The summed E-state index contributed by atoms with van der Waals surface area (Å²) >= 11 is 1.65. The number of hydrogen-bond donors (Lipinski definition) is 0. The summed E-state index contributed by atoms with van der Waals surface area (Å²) in [4.78, 5) is 12.6. The van der Waals surface area contributed by atoms with Crippen molar-refractivity contribution in [3.05, 3.63) is 52.5 Å². The lowest BCUT2D eigenvalue weighted by atomic mass is 10.0. The van der Waals surface area contributed by atoms with E-state index in [4.69, 9.17) is 14.2 Å². The Morgan fingerprint density at radius 2 is 1.51 bits per heavy atom. The second kappa shape index (κ2) is 24.5. The second-order valence-corrected chi connectivity index (χ2v) is 11.0. The van der Waals surface area contributed by atoms with E-state index in [-0.39, 0.29) is 35.7 Å². The molecule has 0 bridgehead atoms. The first-order chi connectivity index (χ1) is 18.7. The van der Waals surface area contributed by atoms with Gasteiger partial charge in [0.2, 0.25) is 5.51 Å². The monoisotopic (exact) mass is 625 g/mol. The van der Waals surface area contributed by atoms with Gasteiger partial charge in [0.1, 0.15) is 12.7 Å². The van der Waals surface area contributed by atoms with E-state index in [1.54, 1.807) is 17.4 Å². The van der Waals surface area contributed by atoms with Crippen LogP contribution in [-0.2, 0) is 20.8 Å². The predicted molar refractivity (Wildman–Crippen MR) is 157 cm³/mol. The number of carbonyl (C=O) groups is 1. The van der Waals surface area contributed by atoms with Crippen LogP contribution in [-0.4, -0.2) is 38.5 Å². The number of ether oxygens (including phenoxy) is 3. The van der Waals surface area contributed by atoms with E-state index in [0.717, 1.165) is 25.1 Å². The molecule has 7 heteroatoms. The molecule has 1 aromatic carbocycles. The molecule has 0 radical (unpaired) electrons. The minimum atomic E-state index is -0.321. The van der Waals surface area contributed by atoms with Crippen LogP contribution in [0.2, 0.25) is 0 Å². The molecule has 1 atom stereocenters. The van der Waals surface area contributed by atoms with Gasteiger partial charge in [0.15, 0.2) is 12.7 Å². The van der Waals surface area contributed by atoms with Crippen molar-refractivity contribution in [3.63, 3.8) is 0 Å². The van der Waals surface area contributed by atoms with Crippen molar-refractivity contribution < 1.29 is 40.6 Å². The smallest absolute Gasteiger partial charge is 0.338 e. The van der Waals surface area contributed by atoms with Gasteiger partial charge in [0.25, 0.3) is 0 Å². The first-order valence-corrected chi connectivity index (χ1v) is 16.0. The van der Waals surface area contributed by atoms with Crippen LogP contribution < -0.4 is 21.5 Å². The molecular formula is C32H52BrNO4S. The molecule has 2 aromatic rings. The highest BCUT2D eigenvalue weighted by molar-refractivity contribution is 7.07. The topological polar surface area (TPSA) is 48.6 Å². The number of unbranched alkanes of at least 4 members (excludes halogenated alkanes) is 13. The van der Waals surface area contributed by atoms with Crippen molar-refractivity contribution in [1.29, 1.82) is 0 Å². The third-order valence-corrected chi connectivity index (χ3v) is 7.48. The number of hydrogen-bond acceptors (Lipinski definition) is 5. The van der Waals surface area contributed by atoms with Crippen LogP contribution >= 0.6 is 11.3 Å². The molecule has 0 N–H and O–H groups in total. The largest absolute Gasteiger partial charge is 1.00 e. The molecule has 1 unspecified atom stereocenters. The molecule has 1 aromatic heterocycles. The van der Waals surface area contributed by atoms with Gasteiger partial charge in [0.05, 0.1) is 17.6 Å². The maximum atomic E-state index is 12.6. The summed E-state index contributed by atoms with van der Waals surface area (Å²) in [5.41, 5.74) is 3.69. The molecule has 39 heavy (non-hydrogen) atoms. The Bertz CT molecular complexity index is 833. The number of halogens is 1. The Labute approximate surface area is 252 Å². The van der Waals surface area contributed by atoms with Crippen molar-refractivity contribution in [1.82, 2.24) is 0 Å². The van der Waals surface area contributed by atoms with E-state index in [9.17, 15) is 4.79 Å². The molecule has 0 saturated heterocycles. The first-order valence-electron chi connectivity index (χ1n) is 15.1. The van der Waals surface area contributed by atoms with Crippen LogP contribution in [0.5, 0.6) is 0 Å². The highest BCUT2D eigenvalue weighted by atomic mass is 79.9. The van der Waals surface area contributed by atoms with Crippen molar-refractivity contribution in [2.45, 2.75) is 116 Å². The zero-order chi connectivity index (χ0) is 27.1. The normalized spacial score (nSPS) is 11.7. The fourth-order valence-corrected chi connectivity index (χ4v) is 5.20. The van der Waals surface area contributed by atoms with Crippen molar-refractivity contribution in [2.75, 3.05) is 26.4 Å². The fraction of sp³-hybridized carbons (Fsp3) is 0.688. The SMILES string of the molecule is CCCCCCCCCCCCCCCCOCC(COC(=O)c1cccc(C[n+]2ccsc2)c1)OCC.[Br-]. The summed E-state index contributed by atoms with van der Waals surface area (Å²) < 4.78 is 19.3. The average molecular weight is 627 g/mol. The zero-order valence-electron chi connectivity index (χ0n) is 24.4. The molecule has 222 valence electrons. The lowest BCUT2D eigenvalue weighted by Crippen LogP contribution is -3.00. The Morgan fingerprint density at radius 1 is 0.872 bits per heavy atom. The maximum Gasteiger partial charge on any atom is 0.338 e. The van der Waals surface area contributed by atoms with Gasteiger partial charge in [-0.1, -0.05) is 114 Å². The zero-order valence-corrected chi connectivity index (χ0v) is 26.8. The van der Waals surface area contributed by atoms with E-state index < -0.39 is 0 Å². The Kier molecular flexibility index (Phi) is 22.5. The molecular weight excluding hydrogens is 574 g/mol. The Morgan fingerprint density at radius 3 is 2.10 bits per heavy atom. The lowest BCUT2D eigenvalue weighted by Gasteiger charge is -2.17. The van der Waals surface area contributed by atoms with Crippen LogP contribution in [0.25, 0.3) is 0 Å². The summed E-state index contributed by atoms with van der Waals surface area (Å²) in [6.45, 7) is 6.92. The average Bonchev–Trinajstić information content (AvgIpc) is 3.44. The molecule has 2 rings (SSSR count). The van der Waals surface area contributed by atoms with Gasteiger partial charge in [-0.3, -0.25) is 0 Å². The molecule has 0 saturated carbocycles. The minimum Gasteiger partial charge on any atom is -1.00 e. The van der Waals surface area contributed by atoms with Crippen molar-refractivity contribution in [2.24, 2.45) is 0 Å². The van der Waals surface area contributed by atoms with Gasteiger partial charge in [0, 0.05) is 18.8 Å². The lowest BCUT2D eigenvalue weighted by molar-refractivity contribution is -0.683. The fourth-order valence-electron chi connectivity index (χ4n) is 4.60. The summed E-state index contributed by atoms with van der Waals surface area (Å²) in [5.74, 6) is -0.321. The number of aromatic nitrogens is 1. The van der Waals surface area contributed by atoms with Gasteiger partial charge >= 0.3 is 5.97 Å².